The summed E-state index contributed by atoms with van der Waals surface area (Å²) in [5, 5.41) is 9.38. The number of fused-ring (bicyclic) bond motifs is 1. The lowest BCUT2D eigenvalue weighted by molar-refractivity contribution is -0.115. The van der Waals surface area contributed by atoms with Gasteiger partial charge < -0.3 is 10.1 Å². The van der Waals surface area contributed by atoms with E-state index in [1.807, 2.05) is 35.7 Å². The molecule has 2 aromatic rings. The highest BCUT2D eigenvalue weighted by Gasteiger charge is 2.21. The number of thioether (sulfide) groups is 1. The topological polar surface area (TPSA) is 67.4 Å². The number of rotatable bonds is 5. The molecule has 140 valence electrons. The Kier molecular flexibility index (Phi) is 6.65. The molecule has 2 heterocycles. The molecule has 0 aliphatic carbocycles. The van der Waals surface area contributed by atoms with Gasteiger partial charge in [-0.1, -0.05) is 30.4 Å². The van der Waals surface area contributed by atoms with Crippen LogP contribution in [-0.2, 0) is 9.53 Å². The van der Waals surface area contributed by atoms with Crippen LogP contribution in [0, 0.1) is 0 Å². The number of esters is 1. The van der Waals surface area contributed by atoms with E-state index < -0.39 is 5.97 Å². The second-order valence-corrected chi connectivity index (χ2v) is 8.22. The summed E-state index contributed by atoms with van der Waals surface area (Å²) >= 11 is 8.30. The summed E-state index contributed by atoms with van der Waals surface area (Å²) in [5.41, 5.74) is 0.429. The van der Waals surface area contributed by atoms with Gasteiger partial charge in [0.25, 0.3) is 0 Å². The van der Waals surface area contributed by atoms with Crippen LogP contribution in [-0.4, -0.2) is 28.8 Å². The first-order valence-corrected chi connectivity index (χ1v) is 10.5. The van der Waals surface area contributed by atoms with E-state index >= 15 is 0 Å². The van der Waals surface area contributed by atoms with Gasteiger partial charge in [0.05, 0.1) is 6.61 Å². The summed E-state index contributed by atoms with van der Waals surface area (Å²) in [7, 11) is 0. The monoisotopic (exact) mass is 418 g/mol. The molecule has 0 bridgehead atoms. The number of anilines is 1. The van der Waals surface area contributed by atoms with Crippen molar-refractivity contribution in [1.82, 2.24) is 5.32 Å². The number of thiophene rings is 1. The lowest BCUT2D eigenvalue weighted by Gasteiger charge is -2.09. The summed E-state index contributed by atoms with van der Waals surface area (Å²) < 4.78 is 6.10. The van der Waals surface area contributed by atoms with Gasteiger partial charge in [-0.2, -0.15) is 0 Å². The maximum Gasteiger partial charge on any atom is 0.341 e. The van der Waals surface area contributed by atoms with Gasteiger partial charge in [0.2, 0.25) is 5.91 Å². The van der Waals surface area contributed by atoms with Crippen molar-refractivity contribution in [2.24, 2.45) is 0 Å². The average molecular weight is 419 g/mol. The van der Waals surface area contributed by atoms with E-state index in [2.05, 4.69) is 16.7 Å². The van der Waals surface area contributed by atoms with Crippen molar-refractivity contribution in [2.45, 2.75) is 18.6 Å². The fourth-order valence-corrected chi connectivity index (χ4v) is 4.73. The van der Waals surface area contributed by atoms with E-state index in [1.165, 1.54) is 17.4 Å². The quantitative estimate of drug-likeness (QED) is 0.424. The van der Waals surface area contributed by atoms with Crippen molar-refractivity contribution in [1.29, 1.82) is 0 Å². The lowest BCUT2D eigenvalue weighted by Crippen LogP contribution is -2.33. The summed E-state index contributed by atoms with van der Waals surface area (Å²) in [4.78, 5) is 24.4. The first kappa shape index (κ1) is 19.6. The van der Waals surface area contributed by atoms with E-state index in [0.29, 0.717) is 10.6 Å². The third kappa shape index (κ3) is 4.97. The zero-order valence-corrected chi connectivity index (χ0v) is 17.0. The molecule has 0 spiro atoms. The molecule has 5 nitrogen and oxygen atoms in total. The SMILES string of the molecule is CCOC(=O)c1c(NC(=S)NC(=O)C=CC2CC=CS2)sc2ccccc12. The highest BCUT2D eigenvalue weighted by Crippen LogP contribution is 2.36. The Balaban J connectivity index is 1.71. The second-order valence-electron chi connectivity index (χ2n) is 5.61. The van der Waals surface area contributed by atoms with Crippen LogP contribution in [0.25, 0.3) is 10.1 Å². The van der Waals surface area contributed by atoms with Crippen LogP contribution in [0.15, 0.2) is 47.9 Å². The Morgan fingerprint density at radius 3 is 2.93 bits per heavy atom. The van der Waals surface area contributed by atoms with Crippen LogP contribution < -0.4 is 10.6 Å². The maximum absolute atomic E-state index is 12.4. The van der Waals surface area contributed by atoms with Gasteiger partial charge in [-0.15, -0.1) is 23.1 Å². The van der Waals surface area contributed by atoms with Gasteiger partial charge in [0, 0.05) is 21.4 Å². The Morgan fingerprint density at radius 1 is 1.37 bits per heavy atom. The minimum Gasteiger partial charge on any atom is -0.462 e. The highest BCUT2D eigenvalue weighted by molar-refractivity contribution is 8.03. The molecule has 1 amide bonds. The van der Waals surface area contributed by atoms with Crippen LogP contribution in [0.3, 0.4) is 0 Å². The summed E-state index contributed by atoms with van der Waals surface area (Å²) in [5.74, 6) is -0.726. The predicted molar refractivity (Wildman–Crippen MR) is 116 cm³/mol. The first-order chi connectivity index (χ1) is 13.1. The molecule has 0 saturated heterocycles. The summed E-state index contributed by atoms with van der Waals surface area (Å²) in [6.07, 6.45) is 6.33. The van der Waals surface area contributed by atoms with Gasteiger partial charge in [0.15, 0.2) is 5.11 Å². The zero-order valence-electron chi connectivity index (χ0n) is 14.6. The number of carbonyl (C=O) groups excluding carboxylic acids is 2. The Bertz CT molecular complexity index is 925. The van der Waals surface area contributed by atoms with Crippen molar-refractivity contribution < 1.29 is 14.3 Å². The molecule has 8 heteroatoms. The summed E-state index contributed by atoms with van der Waals surface area (Å²) in [6.45, 7) is 2.04. The van der Waals surface area contributed by atoms with Crippen LogP contribution >= 0.6 is 35.3 Å². The van der Waals surface area contributed by atoms with E-state index in [1.54, 1.807) is 18.7 Å². The molecule has 1 aromatic carbocycles. The smallest absolute Gasteiger partial charge is 0.341 e. The molecule has 1 aromatic heterocycles. The molecular weight excluding hydrogens is 400 g/mol. The van der Waals surface area contributed by atoms with Crippen molar-refractivity contribution in [3.8, 4) is 0 Å². The maximum atomic E-state index is 12.4. The third-order valence-electron chi connectivity index (χ3n) is 3.72. The number of carbonyl (C=O) groups is 2. The Labute approximate surface area is 170 Å². The number of hydrogen-bond acceptors (Lipinski definition) is 6. The second kappa shape index (κ2) is 9.16. The molecule has 2 N–H and O–H groups in total. The van der Waals surface area contributed by atoms with E-state index in [9.17, 15) is 9.59 Å². The number of nitrogens with one attached hydrogen (secondary N) is 2. The van der Waals surface area contributed by atoms with Crippen LogP contribution in [0.4, 0.5) is 5.00 Å². The number of allylic oxidation sites excluding steroid dienone is 1. The molecule has 1 aliphatic rings. The van der Waals surface area contributed by atoms with E-state index in [-0.39, 0.29) is 22.9 Å². The van der Waals surface area contributed by atoms with Crippen LogP contribution in [0.2, 0.25) is 0 Å². The molecule has 1 unspecified atom stereocenters. The van der Waals surface area contributed by atoms with E-state index in [0.717, 1.165) is 16.5 Å². The summed E-state index contributed by atoms with van der Waals surface area (Å²) in [6, 6.07) is 7.55. The molecule has 3 rings (SSSR count). The molecular formula is C19H18N2O3S3. The largest absolute Gasteiger partial charge is 0.462 e. The molecule has 1 aliphatic heterocycles. The molecule has 0 fully saturated rings. The minimum absolute atomic E-state index is 0.138. The standard InChI is InChI=1S/C19H18N2O3S3/c1-2-24-18(23)16-13-7-3-4-8-14(13)27-17(16)21-19(25)20-15(22)10-9-12-6-5-11-26-12/h3-5,7-12H,2,6H2,1H3,(H2,20,21,22,25). The Morgan fingerprint density at radius 2 is 2.19 bits per heavy atom. The third-order valence-corrected chi connectivity index (χ3v) is 6.06. The van der Waals surface area contributed by atoms with Crippen LogP contribution in [0.5, 0.6) is 0 Å². The molecule has 1 atom stereocenters. The number of ether oxygens (including phenoxy) is 1. The first-order valence-electron chi connectivity index (χ1n) is 8.37. The van der Waals surface area contributed by atoms with Crippen molar-refractivity contribution in [3.63, 3.8) is 0 Å². The lowest BCUT2D eigenvalue weighted by atomic mass is 10.1. The van der Waals surface area contributed by atoms with Crippen molar-refractivity contribution >= 4 is 67.4 Å². The predicted octanol–water partition coefficient (Wildman–Crippen LogP) is 4.47. The van der Waals surface area contributed by atoms with Gasteiger partial charge >= 0.3 is 5.97 Å². The van der Waals surface area contributed by atoms with Crippen LogP contribution in [0.1, 0.15) is 23.7 Å². The van der Waals surface area contributed by atoms with Crippen molar-refractivity contribution in [2.75, 3.05) is 11.9 Å². The number of benzene rings is 1. The highest BCUT2D eigenvalue weighted by atomic mass is 32.2. The van der Waals surface area contributed by atoms with E-state index in [4.69, 9.17) is 17.0 Å². The molecule has 27 heavy (non-hydrogen) atoms. The number of amides is 1. The Hall–Kier alpha value is -2.16. The fraction of sp³-hybridized carbons (Fsp3) is 0.211. The van der Waals surface area contributed by atoms with Gasteiger partial charge in [0.1, 0.15) is 10.6 Å². The number of hydrogen-bond donors (Lipinski definition) is 2. The fourth-order valence-electron chi connectivity index (χ4n) is 2.55. The number of thiocarbonyl (C=S) groups is 1. The van der Waals surface area contributed by atoms with Crippen molar-refractivity contribution in [3.05, 3.63) is 53.5 Å². The normalized spacial score (nSPS) is 16.0. The zero-order chi connectivity index (χ0) is 19.2. The van der Waals surface area contributed by atoms with Gasteiger partial charge in [-0.3, -0.25) is 10.1 Å². The average Bonchev–Trinajstić information content (AvgIpc) is 3.27. The molecule has 0 saturated carbocycles. The molecule has 0 radical (unpaired) electrons. The minimum atomic E-state index is -0.419. The van der Waals surface area contributed by atoms with Gasteiger partial charge in [-0.25, -0.2) is 4.79 Å². The van der Waals surface area contributed by atoms with Gasteiger partial charge in [-0.05, 0) is 37.0 Å².